The molecule has 0 spiro atoms. The smallest absolute Gasteiger partial charge is 0.220 e. The molecule has 0 radical (unpaired) electrons. The minimum Gasteiger partial charge on any atom is -0.417 e. The lowest BCUT2D eigenvalue weighted by Crippen LogP contribution is -2.41. The molecule has 0 fully saturated rings. The van der Waals surface area contributed by atoms with E-state index in [1.54, 1.807) is 0 Å². The fraction of sp³-hybridized carbons (Fsp3) is 0.909. The van der Waals surface area contributed by atoms with Crippen LogP contribution >= 0.6 is 0 Å². The average molecular weight is 231 g/mol. The molecule has 0 aliphatic heterocycles. The second-order valence-electron chi connectivity index (χ2n) is 5.70. The SMILES string of the molecule is C[C@H](CCO[Si](C)(C)C(C)(C)C)C(N)=O. The molecule has 0 heterocycles. The molecule has 0 unspecified atom stereocenters. The molecule has 0 aliphatic carbocycles. The van der Waals surface area contributed by atoms with Gasteiger partial charge in [0, 0.05) is 12.5 Å². The highest BCUT2D eigenvalue weighted by Gasteiger charge is 2.36. The largest absolute Gasteiger partial charge is 0.417 e. The summed E-state index contributed by atoms with van der Waals surface area (Å²) in [4.78, 5) is 10.8. The van der Waals surface area contributed by atoms with Gasteiger partial charge in [-0.2, -0.15) is 0 Å². The lowest BCUT2D eigenvalue weighted by atomic mass is 10.1. The molecule has 1 amide bonds. The van der Waals surface area contributed by atoms with Crippen LogP contribution in [0.4, 0.5) is 0 Å². The van der Waals surface area contributed by atoms with Crippen molar-refractivity contribution < 1.29 is 9.22 Å². The van der Waals surface area contributed by atoms with Crippen LogP contribution in [0.3, 0.4) is 0 Å². The Hall–Kier alpha value is -0.353. The van der Waals surface area contributed by atoms with Crippen LogP contribution < -0.4 is 5.73 Å². The van der Waals surface area contributed by atoms with E-state index >= 15 is 0 Å². The van der Waals surface area contributed by atoms with Gasteiger partial charge in [0.05, 0.1) is 0 Å². The van der Waals surface area contributed by atoms with E-state index in [0.717, 1.165) is 6.42 Å². The molecular weight excluding hydrogens is 206 g/mol. The van der Waals surface area contributed by atoms with Crippen molar-refractivity contribution in [1.82, 2.24) is 0 Å². The summed E-state index contributed by atoms with van der Waals surface area (Å²) in [5.41, 5.74) is 5.19. The van der Waals surface area contributed by atoms with E-state index in [9.17, 15) is 4.79 Å². The normalized spacial score (nSPS) is 15.1. The van der Waals surface area contributed by atoms with E-state index in [4.69, 9.17) is 10.2 Å². The second-order valence-corrected chi connectivity index (χ2v) is 10.5. The highest BCUT2D eigenvalue weighted by molar-refractivity contribution is 6.74. The van der Waals surface area contributed by atoms with Gasteiger partial charge in [-0.05, 0) is 24.6 Å². The first-order valence-corrected chi connectivity index (χ1v) is 8.42. The Morgan fingerprint density at radius 1 is 1.40 bits per heavy atom. The average Bonchev–Trinajstić information content (AvgIpc) is 2.01. The van der Waals surface area contributed by atoms with Gasteiger partial charge in [0.1, 0.15) is 0 Å². The topological polar surface area (TPSA) is 52.3 Å². The third-order valence-electron chi connectivity index (χ3n) is 3.31. The lowest BCUT2D eigenvalue weighted by molar-refractivity contribution is -0.121. The van der Waals surface area contributed by atoms with Gasteiger partial charge < -0.3 is 10.2 Å². The Labute approximate surface area is 94.5 Å². The number of amides is 1. The van der Waals surface area contributed by atoms with Crippen molar-refractivity contribution in [3.63, 3.8) is 0 Å². The van der Waals surface area contributed by atoms with Crippen molar-refractivity contribution in [3.05, 3.63) is 0 Å². The summed E-state index contributed by atoms with van der Waals surface area (Å²) in [6, 6.07) is 0. The molecule has 15 heavy (non-hydrogen) atoms. The number of hydrogen-bond acceptors (Lipinski definition) is 2. The van der Waals surface area contributed by atoms with E-state index in [0.29, 0.717) is 6.61 Å². The molecule has 90 valence electrons. The first-order chi connectivity index (χ1) is 6.58. The van der Waals surface area contributed by atoms with E-state index in [-0.39, 0.29) is 16.9 Å². The standard InChI is InChI=1S/C11H25NO2Si/c1-9(10(12)13)7-8-14-15(5,6)11(2,3)4/h9H,7-8H2,1-6H3,(H2,12,13)/t9-/m1/s1. The van der Waals surface area contributed by atoms with Crippen LogP contribution in [-0.4, -0.2) is 20.8 Å². The molecule has 0 aliphatic rings. The third-order valence-corrected chi connectivity index (χ3v) is 7.84. The van der Waals surface area contributed by atoms with Crippen LogP contribution in [0.25, 0.3) is 0 Å². The summed E-state index contributed by atoms with van der Waals surface area (Å²) in [5, 5.41) is 0.225. The molecule has 0 rings (SSSR count). The number of rotatable bonds is 5. The predicted molar refractivity (Wildman–Crippen MR) is 66.1 cm³/mol. The Morgan fingerprint density at radius 2 is 1.87 bits per heavy atom. The van der Waals surface area contributed by atoms with Crippen molar-refractivity contribution in [3.8, 4) is 0 Å². The highest BCUT2D eigenvalue weighted by atomic mass is 28.4. The van der Waals surface area contributed by atoms with E-state index in [2.05, 4.69) is 33.9 Å². The van der Waals surface area contributed by atoms with Gasteiger partial charge in [-0.1, -0.05) is 27.7 Å². The maximum Gasteiger partial charge on any atom is 0.220 e. The lowest BCUT2D eigenvalue weighted by Gasteiger charge is -2.36. The van der Waals surface area contributed by atoms with Gasteiger partial charge in [-0.3, -0.25) is 4.79 Å². The molecule has 3 nitrogen and oxygen atoms in total. The van der Waals surface area contributed by atoms with Gasteiger partial charge in [0.25, 0.3) is 0 Å². The number of carbonyl (C=O) groups excluding carboxylic acids is 1. The zero-order chi connectivity index (χ0) is 12.3. The Morgan fingerprint density at radius 3 is 2.20 bits per heavy atom. The summed E-state index contributed by atoms with van der Waals surface area (Å²) in [5.74, 6) is -0.330. The van der Waals surface area contributed by atoms with Crippen LogP contribution in [0.5, 0.6) is 0 Å². The maximum atomic E-state index is 10.8. The summed E-state index contributed by atoms with van der Waals surface area (Å²) in [7, 11) is -1.66. The molecule has 0 saturated heterocycles. The summed E-state index contributed by atoms with van der Waals surface area (Å²) in [6.45, 7) is 13.5. The van der Waals surface area contributed by atoms with Gasteiger partial charge in [-0.15, -0.1) is 0 Å². The zero-order valence-corrected chi connectivity index (χ0v) is 11.9. The van der Waals surface area contributed by atoms with Crippen molar-refractivity contribution in [2.75, 3.05) is 6.61 Å². The zero-order valence-electron chi connectivity index (χ0n) is 10.9. The van der Waals surface area contributed by atoms with Gasteiger partial charge >= 0.3 is 0 Å². The molecular formula is C11H25NO2Si. The van der Waals surface area contributed by atoms with E-state index in [1.165, 1.54) is 0 Å². The fourth-order valence-corrected chi connectivity index (χ4v) is 1.91. The molecule has 0 bridgehead atoms. The second kappa shape index (κ2) is 5.12. The van der Waals surface area contributed by atoms with Crippen molar-refractivity contribution in [1.29, 1.82) is 0 Å². The summed E-state index contributed by atoms with van der Waals surface area (Å²) < 4.78 is 5.95. The maximum absolute atomic E-state index is 10.8. The Bertz CT molecular complexity index is 221. The highest BCUT2D eigenvalue weighted by Crippen LogP contribution is 2.36. The molecule has 0 aromatic carbocycles. The van der Waals surface area contributed by atoms with Gasteiger partial charge in [0.2, 0.25) is 5.91 Å². The van der Waals surface area contributed by atoms with Crippen LogP contribution in [-0.2, 0) is 9.22 Å². The Kier molecular flexibility index (Phi) is 5.00. The molecule has 0 saturated carbocycles. The van der Waals surface area contributed by atoms with Crippen molar-refractivity contribution >= 4 is 14.2 Å². The third kappa shape index (κ3) is 4.80. The van der Waals surface area contributed by atoms with Gasteiger partial charge in [-0.25, -0.2) is 0 Å². The molecule has 0 aromatic heterocycles. The minimum atomic E-state index is -1.66. The van der Waals surface area contributed by atoms with Crippen molar-refractivity contribution in [2.45, 2.75) is 52.2 Å². The Balaban J connectivity index is 4.01. The number of hydrogen-bond donors (Lipinski definition) is 1. The van der Waals surface area contributed by atoms with E-state index in [1.807, 2.05) is 6.92 Å². The molecule has 1 atom stereocenters. The van der Waals surface area contributed by atoms with E-state index < -0.39 is 8.32 Å². The first-order valence-electron chi connectivity index (χ1n) is 5.51. The molecule has 2 N–H and O–H groups in total. The number of carbonyl (C=O) groups is 1. The first kappa shape index (κ1) is 14.6. The molecule has 0 aromatic rings. The predicted octanol–water partition coefficient (Wildman–Crippen LogP) is 2.52. The minimum absolute atomic E-state index is 0.0882. The van der Waals surface area contributed by atoms with Gasteiger partial charge in [0.15, 0.2) is 8.32 Å². The quantitative estimate of drug-likeness (QED) is 0.739. The fourth-order valence-electron chi connectivity index (χ4n) is 0.850. The van der Waals surface area contributed by atoms with Crippen LogP contribution in [0.1, 0.15) is 34.1 Å². The van der Waals surface area contributed by atoms with Crippen LogP contribution in [0.15, 0.2) is 0 Å². The number of primary amides is 1. The monoisotopic (exact) mass is 231 g/mol. The molecule has 4 heteroatoms. The van der Waals surface area contributed by atoms with Crippen molar-refractivity contribution in [2.24, 2.45) is 11.7 Å². The summed E-state index contributed by atoms with van der Waals surface area (Å²) >= 11 is 0. The summed E-state index contributed by atoms with van der Waals surface area (Å²) in [6.07, 6.45) is 0.724. The number of nitrogens with two attached hydrogens (primary N) is 1. The van der Waals surface area contributed by atoms with Crippen LogP contribution in [0, 0.1) is 5.92 Å². The van der Waals surface area contributed by atoms with Crippen LogP contribution in [0.2, 0.25) is 18.1 Å².